The predicted octanol–water partition coefficient (Wildman–Crippen LogP) is 1.55. The van der Waals surface area contributed by atoms with Gasteiger partial charge in [-0.3, -0.25) is 0 Å². The Labute approximate surface area is 74.7 Å². The normalized spacial score (nSPS) is 9.00. The van der Waals surface area contributed by atoms with E-state index in [-0.39, 0.29) is 11.1 Å². The molecule has 0 saturated heterocycles. The molecule has 0 spiro atoms. The molecule has 0 aliphatic rings. The molecule has 1 rings (SSSR count). The van der Waals surface area contributed by atoms with Crippen LogP contribution in [0, 0.1) is 11.3 Å². The highest BCUT2D eigenvalue weighted by Gasteiger charge is 2.08. The molecular weight excluding hydrogens is 174 g/mol. The first-order chi connectivity index (χ1) is 5.65. The fraction of sp³-hybridized carbons (Fsp3) is 0. The first kappa shape index (κ1) is 8.62. The standard InChI is InChI=1S/C8H5NO2S/c9-4-5-3-6(12)1-2-7(5)8(10)11/h1-3,12H,(H,10,11). The van der Waals surface area contributed by atoms with Gasteiger partial charge in [0.1, 0.15) is 6.07 Å². The maximum absolute atomic E-state index is 10.5. The van der Waals surface area contributed by atoms with E-state index >= 15 is 0 Å². The Morgan fingerprint density at radius 2 is 2.25 bits per heavy atom. The lowest BCUT2D eigenvalue weighted by Crippen LogP contribution is -1.99. The summed E-state index contributed by atoms with van der Waals surface area (Å²) in [6.45, 7) is 0. The number of carboxylic acids is 1. The Bertz CT molecular complexity index is 368. The number of nitriles is 1. The molecule has 4 heteroatoms. The Morgan fingerprint density at radius 3 is 2.75 bits per heavy atom. The first-order valence-electron chi connectivity index (χ1n) is 3.11. The van der Waals surface area contributed by atoms with Crippen LogP contribution >= 0.6 is 12.6 Å². The van der Waals surface area contributed by atoms with Crippen molar-refractivity contribution in [2.45, 2.75) is 4.90 Å². The highest BCUT2D eigenvalue weighted by Crippen LogP contribution is 2.13. The summed E-state index contributed by atoms with van der Waals surface area (Å²) >= 11 is 3.98. The van der Waals surface area contributed by atoms with Crippen molar-refractivity contribution in [1.29, 1.82) is 5.26 Å². The summed E-state index contributed by atoms with van der Waals surface area (Å²) in [6.07, 6.45) is 0. The molecule has 0 aliphatic carbocycles. The van der Waals surface area contributed by atoms with E-state index in [1.165, 1.54) is 18.2 Å². The van der Waals surface area contributed by atoms with Crippen molar-refractivity contribution in [3.05, 3.63) is 29.3 Å². The van der Waals surface area contributed by atoms with Gasteiger partial charge >= 0.3 is 5.97 Å². The average Bonchev–Trinajstić information content (AvgIpc) is 2.03. The molecule has 0 fully saturated rings. The van der Waals surface area contributed by atoms with Gasteiger partial charge in [0, 0.05) is 4.90 Å². The zero-order valence-corrected chi connectivity index (χ0v) is 6.88. The van der Waals surface area contributed by atoms with Crippen molar-refractivity contribution in [2.24, 2.45) is 0 Å². The van der Waals surface area contributed by atoms with Gasteiger partial charge in [-0.1, -0.05) is 0 Å². The smallest absolute Gasteiger partial charge is 0.337 e. The fourth-order valence-electron chi connectivity index (χ4n) is 0.811. The molecule has 0 atom stereocenters. The molecule has 3 nitrogen and oxygen atoms in total. The van der Waals surface area contributed by atoms with Crippen LogP contribution in [-0.2, 0) is 0 Å². The van der Waals surface area contributed by atoms with Crippen molar-refractivity contribution in [3.63, 3.8) is 0 Å². The summed E-state index contributed by atoms with van der Waals surface area (Å²) in [6, 6.07) is 6.11. The van der Waals surface area contributed by atoms with Crippen LogP contribution in [0.1, 0.15) is 15.9 Å². The minimum Gasteiger partial charge on any atom is -0.478 e. The minimum absolute atomic E-state index is 0.00954. The van der Waals surface area contributed by atoms with Crippen LogP contribution in [0.3, 0.4) is 0 Å². The number of hydrogen-bond acceptors (Lipinski definition) is 3. The summed E-state index contributed by atoms with van der Waals surface area (Å²) < 4.78 is 0. The lowest BCUT2D eigenvalue weighted by Gasteiger charge is -1.97. The molecule has 0 amide bonds. The second-order valence-corrected chi connectivity index (χ2v) is 2.66. The number of carbonyl (C=O) groups is 1. The molecule has 1 aromatic rings. The first-order valence-corrected chi connectivity index (χ1v) is 3.56. The number of hydrogen-bond donors (Lipinski definition) is 2. The minimum atomic E-state index is -1.10. The summed E-state index contributed by atoms with van der Waals surface area (Å²) in [7, 11) is 0. The van der Waals surface area contributed by atoms with Crippen molar-refractivity contribution < 1.29 is 9.90 Å². The van der Waals surface area contributed by atoms with Gasteiger partial charge in [0.15, 0.2) is 0 Å². The van der Waals surface area contributed by atoms with Crippen molar-refractivity contribution in [2.75, 3.05) is 0 Å². The van der Waals surface area contributed by atoms with Gasteiger partial charge in [-0.2, -0.15) is 5.26 Å². The van der Waals surface area contributed by atoms with Crippen LogP contribution in [0.2, 0.25) is 0 Å². The zero-order chi connectivity index (χ0) is 9.14. The number of aromatic carboxylic acids is 1. The summed E-state index contributed by atoms with van der Waals surface area (Å²) in [5.74, 6) is -1.10. The van der Waals surface area contributed by atoms with Crippen LogP contribution in [0.15, 0.2) is 23.1 Å². The number of thiol groups is 1. The number of nitrogens with zero attached hydrogens (tertiary/aromatic N) is 1. The van der Waals surface area contributed by atoms with Gasteiger partial charge < -0.3 is 5.11 Å². The van der Waals surface area contributed by atoms with Gasteiger partial charge in [0.05, 0.1) is 11.1 Å². The van der Waals surface area contributed by atoms with Crippen LogP contribution < -0.4 is 0 Å². The average molecular weight is 179 g/mol. The second-order valence-electron chi connectivity index (χ2n) is 2.15. The number of rotatable bonds is 1. The van der Waals surface area contributed by atoms with Crippen molar-refractivity contribution in [3.8, 4) is 6.07 Å². The van der Waals surface area contributed by atoms with Crippen LogP contribution in [0.5, 0.6) is 0 Å². The van der Waals surface area contributed by atoms with Gasteiger partial charge in [0.2, 0.25) is 0 Å². The third kappa shape index (κ3) is 1.57. The van der Waals surface area contributed by atoms with Crippen LogP contribution in [0.25, 0.3) is 0 Å². The van der Waals surface area contributed by atoms with Gasteiger partial charge in [-0.25, -0.2) is 4.79 Å². The van der Waals surface area contributed by atoms with Gasteiger partial charge in [0.25, 0.3) is 0 Å². The fourth-order valence-corrected chi connectivity index (χ4v) is 1.01. The molecule has 0 radical (unpaired) electrons. The molecule has 0 heterocycles. The van der Waals surface area contributed by atoms with E-state index in [0.29, 0.717) is 4.90 Å². The maximum Gasteiger partial charge on any atom is 0.337 e. The molecule has 1 aromatic carbocycles. The molecule has 1 N–H and O–H groups in total. The topological polar surface area (TPSA) is 61.1 Å². The Morgan fingerprint density at radius 1 is 1.58 bits per heavy atom. The summed E-state index contributed by atoms with van der Waals surface area (Å²) in [4.78, 5) is 11.1. The van der Waals surface area contributed by atoms with Crippen LogP contribution in [-0.4, -0.2) is 11.1 Å². The second kappa shape index (κ2) is 3.28. The quantitative estimate of drug-likeness (QED) is 0.643. The molecule has 0 bridgehead atoms. The molecular formula is C8H5NO2S. The summed E-state index contributed by atoms with van der Waals surface area (Å²) in [5, 5.41) is 17.2. The molecule has 0 aliphatic heterocycles. The zero-order valence-electron chi connectivity index (χ0n) is 5.98. The SMILES string of the molecule is N#Cc1cc(S)ccc1C(=O)O. The largest absolute Gasteiger partial charge is 0.478 e. The lowest BCUT2D eigenvalue weighted by atomic mass is 10.1. The highest BCUT2D eigenvalue weighted by molar-refractivity contribution is 7.80. The third-order valence-electron chi connectivity index (χ3n) is 1.35. The van der Waals surface area contributed by atoms with E-state index < -0.39 is 5.97 Å². The van der Waals surface area contributed by atoms with E-state index in [2.05, 4.69) is 12.6 Å². The number of carboxylic acid groups (broad SMARTS) is 1. The molecule has 0 aromatic heterocycles. The number of benzene rings is 1. The Hall–Kier alpha value is -1.47. The summed E-state index contributed by atoms with van der Waals surface area (Å²) in [5.41, 5.74) is 0.144. The van der Waals surface area contributed by atoms with Gasteiger partial charge in [-0.05, 0) is 18.2 Å². The van der Waals surface area contributed by atoms with Crippen molar-refractivity contribution in [1.82, 2.24) is 0 Å². The third-order valence-corrected chi connectivity index (χ3v) is 1.63. The van der Waals surface area contributed by atoms with E-state index in [1.54, 1.807) is 6.07 Å². The molecule has 0 saturated carbocycles. The maximum atomic E-state index is 10.5. The van der Waals surface area contributed by atoms with E-state index in [4.69, 9.17) is 10.4 Å². The van der Waals surface area contributed by atoms with Gasteiger partial charge in [-0.15, -0.1) is 12.6 Å². The molecule has 0 unspecified atom stereocenters. The predicted molar refractivity (Wildman–Crippen MR) is 45.4 cm³/mol. The Balaban J connectivity index is 3.32. The molecule has 12 heavy (non-hydrogen) atoms. The molecule has 60 valence electrons. The Kier molecular flexibility index (Phi) is 2.36. The van der Waals surface area contributed by atoms with E-state index in [1.807, 2.05) is 0 Å². The monoisotopic (exact) mass is 179 g/mol. The van der Waals surface area contributed by atoms with Crippen molar-refractivity contribution >= 4 is 18.6 Å². The van der Waals surface area contributed by atoms with E-state index in [9.17, 15) is 4.79 Å². The van der Waals surface area contributed by atoms with E-state index in [0.717, 1.165) is 0 Å². The highest BCUT2D eigenvalue weighted by atomic mass is 32.1. The van der Waals surface area contributed by atoms with Crippen LogP contribution in [0.4, 0.5) is 0 Å². The lowest BCUT2D eigenvalue weighted by molar-refractivity contribution is 0.0696.